The van der Waals surface area contributed by atoms with Crippen molar-refractivity contribution in [2.45, 2.75) is 51.1 Å². The first kappa shape index (κ1) is 25.7. The van der Waals surface area contributed by atoms with Gasteiger partial charge in [-0.2, -0.15) is 0 Å². The van der Waals surface area contributed by atoms with Gasteiger partial charge in [0.1, 0.15) is 5.54 Å². The van der Waals surface area contributed by atoms with Crippen LogP contribution in [0.25, 0.3) is 0 Å². The summed E-state index contributed by atoms with van der Waals surface area (Å²) < 4.78 is 15.6. The summed E-state index contributed by atoms with van der Waals surface area (Å²) >= 11 is 0. The summed E-state index contributed by atoms with van der Waals surface area (Å²) in [6, 6.07) is 8.48. The van der Waals surface area contributed by atoms with Gasteiger partial charge in [0.15, 0.2) is 6.61 Å². The first-order valence-corrected chi connectivity index (χ1v) is 11.8. The topological polar surface area (TPSA) is 102 Å². The molecule has 186 valence electrons. The van der Waals surface area contributed by atoms with Gasteiger partial charge in [0.05, 0.1) is 25.2 Å². The molecule has 0 saturated carbocycles. The zero-order valence-corrected chi connectivity index (χ0v) is 20.2. The number of amides is 2. The average Bonchev–Trinajstić information content (AvgIpc) is 3.10. The molecular weight excluding hydrogens is 440 g/mol. The van der Waals surface area contributed by atoms with E-state index in [-0.39, 0.29) is 18.9 Å². The molecule has 2 aliphatic heterocycles. The van der Waals surface area contributed by atoms with Gasteiger partial charge in [-0.15, -0.1) is 0 Å². The maximum Gasteiger partial charge on any atom is 0.311 e. The van der Waals surface area contributed by atoms with Crippen molar-refractivity contribution in [2.75, 3.05) is 40.0 Å². The highest BCUT2D eigenvalue weighted by Gasteiger charge is 2.61. The fourth-order valence-electron chi connectivity index (χ4n) is 5.19. The zero-order chi connectivity index (χ0) is 24.7. The SMILES string of the molecule is CCOC(=O)[C@H]1C[C@]2(CCCCN(CCOC)C2=O)N(C(=O)COC(C)=O)[C@H]1c1ccccc1. The molecular formula is C25H34N2O7. The zero-order valence-electron chi connectivity index (χ0n) is 20.2. The van der Waals surface area contributed by atoms with Crippen molar-refractivity contribution in [1.82, 2.24) is 9.80 Å². The van der Waals surface area contributed by atoms with Crippen molar-refractivity contribution in [1.29, 1.82) is 0 Å². The van der Waals surface area contributed by atoms with Crippen molar-refractivity contribution in [2.24, 2.45) is 5.92 Å². The smallest absolute Gasteiger partial charge is 0.311 e. The van der Waals surface area contributed by atoms with E-state index in [1.54, 1.807) is 18.9 Å². The maximum absolute atomic E-state index is 14.0. The number of methoxy groups -OCH3 is 1. The van der Waals surface area contributed by atoms with Crippen molar-refractivity contribution < 1.29 is 33.4 Å². The highest BCUT2D eigenvalue weighted by Crippen LogP contribution is 2.51. The lowest BCUT2D eigenvalue weighted by molar-refractivity contribution is -0.160. The number of carbonyl (C=O) groups excluding carboxylic acids is 4. The summed E-state index contributed by atoms with van der Waals surface area (Å²) in [5.74, 6) is -2.47. The molecule has 1 spiro atoms. The molecule has 3 atom stereocenters. The molecule has 9 heteroatoms. The van der Waals surface area contributed by atoms with Gasteiger partial charge in [-0.05, 0) is 38.2 Å². The number of nitrogens with zero attached hydrogens (tertiary/aromatic N) is 2. The number of ether oxygens (including phenoxy) is 3. The van der Waals surface area contributed by atoms with Crippen molar-refractivity contribution in [3.63, 3.8) is 0 Å². The third-order valence-corrected chi connectivity index (χ3v) is 6.60. The van der Waals surface area contributed by atoms with Crippen molar-refractivity contribution in [3.8, 4) is 0 Å². The molecule has 2 saturated heterocycles. The molecule has 0 bridgehead atoms. The summed E-state index contributed by atoms with van der Waals surface area (Å²) in [4.78, 5) is 55.5. The fourth-order valence-corrected chi connectivity index (χ4v) is 5.19. The van der Waals surface area contributed by atoms with Crippen LogP contribution in [-0.2, 0) is 33.4 Å². The quantitative estimate of drug-likeness (QED) is 0.532. The van der Waals surface area contributed by atoms with Crippen LogP contribution >= 0.6 is 0 Å². The number of hydrogen-bond donors (Lipinski definition) is 0. The highest BCUT2D eigenvalue weighted by atomic mass is 16.5. The summed E-state index contributed by atoms with van der Waals surface area (Å²) in [6.45, 7) is 3.96. The number of likely N-dealkylation sites (tertiary alicyclic amines) is 2. The van der Waals surface area contributed by atoms with Gasteiger partial charge in [-0.3, -0.25) is 19.2 Å². The van der Waals surface area contributed by atoms with Gasteiger partial charge in [0.2, 0.25) is 5.91 Å². The van der Waals surface area contributed by atoms with Crippen LogP contribution in [0.4, 0.5) is 0 Å². The standard InChI is InChI=1S/C25H34N2O7/c1-4-33-23(30)20-16-25(12-8-9-13-26(24(25)31)14-15-32-3)27(21(29)17-34-18(2)28)22(20)19-10-6-5-7-11-19/h5-7,10-11,20,22H,4,8-9,12-17H2,1-3H3/t20-,22-,25-/m0/s1. The first-order chi connectivity index (χ1) is 16.4. The third kappa shape index (κ3) is 5.24. The molecule has 1 aromatic carbocycles. The second-order valence-electron chi connectivity index (χ2n) is 8.74. The summed E-state index contributed by atoms with van der Waals surface area (Å²) in [6.07, 6.45) is 2.06. The predicted octanol–water partition coefficient (Wildman–Crippen LogP) is 2.10. The maximum atomic E-state index is 14.0. The molecule has 2 heterocycles. The van der Waals surface area contributed by atoms with E-state index >= 15 is 0 Å². The second-order valence-corrected chi connectivity index (χ2v) is 8.74. The Labute approximate surface area is 200 Å². The summed E-state index contributed by atoms with van der Waals surface area (Å²) in [5.41, 5.74) is -0.506. The Bertz CT molecular complexity index is 891. The number of carbonyl (C=O) groups is 4. The summed E-state index contributed by atoms with van der Waals surface area (Å²) in [7, 11) is 1.57. The van der Waals surface area contributed by atoms with Crippen molar-refractivity contribution in [3.05, 3.63) is 35.9 Å². The Morgan fingerprint density at radius 2 is 1.85 bits per heavy atom. The molecule has 0 aliphatic carbocycles. The molecule has 2 fully saturated rings. The van der Waals surface area contributed by atoms with Gasteiger partial charge >= 0.3 is 11.9 Å². The molecule has 0 N–H and O–H groups in total. The largest absolute Gasteiger partial charge is 0.466 e. The molecule has 0 unspecified atom stereocenters. The lowest BCUT2D eigenvalue weighted by atomic mass is 9.85. The average molecular weight is 475 g/mol. The Hall–Kier alpha value is -2.94. The van der Waals surface area contributed by atoms with E-state index in [0.29, 0.717) is 32.5 Å². The lowest BCUT2D eigenvalue weighted by Crippen LogP contribution is -2.59. The highest BCUT2D eigenvalue weighted by molar-refractivity contribution is 5.95. The minimum Gasteiger partial charge on any atom is -0.466 e. The number of esters is 2. The van der Waals surface area contributed by atoms with Gasteiger partial charge in [0, 0.05) is 27.1 Å². The van der Waals surface area contributed by atoms with Crippen LogP contribution in [0, 0.1) is 5.92 Å². The van der Waals surface area contributed by atoms with Crippen LogP contribution in [0.5, 0.6) is 0 Å². The number of hydrogen-bond acceptors (Lipinski definition) is 7. The van der Waals surface area contributed by atoms with Crippen LogP contribution in [-0.4, -0.2) is 79.1 Å². The van der Waals surface area contributed by atoms with Crippen LogP contribution in [0.3, 0.4) is 0 Å². The molecule has 3 rings (SSSR count). The molecule has 1 aromatic rings. The predicted molar refractivity (Wildman–Crippen MR) is 122 cm³/mol. The number of rotatable bonds is 8. The molecule has 34 heavy (non-hydrogen) atoms. The minimum atomic E-state index is -1.24. The minimum absolute atomic E-state index is 0.152. The van der Waals surface area contributed by atoms with E-state index in [4.69, 9.17) is 14.2 Å². The monoisotopic (exact) mass is 474 g/mol. The molecule has 2 aliphatic rings. The van der Waals surface area contributed by atoms with Crippen LogP contribution in [0.15, 0.2) is 30.3 Å². The first-order valence-electron chi connectivity index (χ1n) is 11.8. The van der Waals surface area contributed by atoms with Crippen LogP contribution < -0.4 is 0 Å². The second kappa shape index (κ2) is 11.5. The van der Waals surface area contributed by atoms with E-state index in [9.17, 15) is 19.2 Å². The Morgan fingerprint density at radius 3 is 2.50 bits per heavy atom. The van der Waals surface area contributed by atoms with E-state index in [2.05, 4.69) is 0 Å². The third-order valence-electron chi connectivity index (χ3n) is 6.60. The van der Waals surface area contributed by atoms with Gasteiger partial charge in [-0.1, -0.05) is 30.3 Å². The van der Waals surface area contributed by atoms with Gasteiger partial charge < -0.3 is 24.0 Å². The van der Waals surface area contributed by atoms with Crippen LogP contribution in [0.1, 0.15) is 51.1 Å². The molecule has 2 amide bonds. The normalized spacial score (nSPS) is 24.7. The lowest BCUT2D eigenvalue weighted by Gasteiger charge is -2.41. The van der Waals surface area contributed by atoms with E-state index < -0.39 is 42.0 Å². The Morgan fingerprint density at radius 1 is 1.12 bits per heavy atom. The van der Waals surface area contributed by atoms with E-state index in [1.807, 2.05) is 30.3 Å². The van der Waals surface area contributed by atoms with Crippen molar-refractivity contribution >= 4 is 23.8 Å². The molecule has 0 radical (unpaired) electrons. The summed E-state index contributed by atoms with van der Waals surface area (Å²) in [5, 5.41) is 0. The molecule has 0 aromatic heterocycles. The van der Waals surface area contributed by atoms with Gasteiger partial charge in [0.25, 0.3) is 5.91 Å². The Balaban J connectivity index is 2.13. The van der Waals surface area contributed by atoms with Crippen LogP contribution in [0.2, 0.25) is 0 Å². The molecule has 9 nitrogen and oxygen atoms in total. The Kier molecular flexibility index (Phi) is 8.66. The number of benzene rings is 1. The van der Waals surface area contributed by atoms with Gasteiger partial charge in [-0.25, -0.2) is 0 Å². The van der Waals surface area contributed by atoms with E-state index in [1.165, 1.54) is 11.8 Å². The van der Waals surface area contributed by atoms with E-state index in [0.717, 1.165) is 12.0 Å². The fraction of sp³-hybridized carbons (Fsp3) is 0.600.